The third kappa shape index (κ3) is 2.92. The van der Waals surface area contributed by atoms with E-state index in [9.17, 15) is 0 Å². The third-order valence-electron chi connectivity index (χ3n) is 2.67. The summed E-state index contributed by atoms with van der Waals surface area (Å²) in [4.78, 5) is 11.3. The van der Waals surface area contributed by atoms with Crippen LogP contribution in [0, 0.1) is 0 Å². The van der Waals surface area contributed by atoms with Crippen molar-refractivity contribution in [3.8, 4) is 0 Å². The minimum Gasteiger partial charge on any atom is -0.376 e. The van der Waals surface area contributed by atoms with Crippen molar-refractivity contribution in [2.75, 3.05) is 32.6 Å². The van der Waals surface area contributed by atoms with Gasteiger partial charge in [-0.1, -0.05) is 0 Å². The van der Waals surface area contributed by atoms with Gasteiger partial charge in [-0.3, -0.25) is 0 Å². The summed E-state index contributed by atoms with van der Waals surface area (Å²) in [6.07, 6.45) is 0.886. The van der Waals surface area contributed by atoms with E-state index in [1.807, 2.05) is 14.1 Å². The van der Waals surface area contributed by atoms with Crippen LogP contribution in [0.4, 0.5) is 5.82 Å². The van der Waals surface area contributed by atoms with Gasteiger partial charge >= 0.3 is 0 Å². The number of aromatic nitrogens is 2. The van der Waals surface area contributed by atoms with Gasteiger partial charge in [0, 0.05) is 18.5 Å². The molecule has 5 nitrogen and oxygen atoms in total. The van der Waals surface area contributed by atoms with Crippen LogP contribution in [0.5, 0.6) is 0 Å². The molecule has 0 atom stereocenters. The van der Waals surface area contributed by atoms with E-state index in [1.165, 1.54) is 0 Å². The summed E-state index contributed by atoms with van der Waals surface area (Å²) in [5, 5.41) is 3.30. The smallest absolute Gasteiger partial charge is 0.144 e. The molecule has 1 N–H and O–H groups in total. The molecule has 2 rings (SSSR count). The lowest BCUT2D eigenvalue weighted by molar-refractivity contribution is 0.109. The molecule has 5 heteroatoms. The number of rotatable bonds is 4. The van der Waals surface area contributed by atoms with Gasteiger partial charge in [0.25, 0.3) is 0 Å². The van der Waals surface area contributed by atoms with E-state index in [-0.39, 0.29) is 0 Å². The molecule has 0 unspecified atom stereocenters. The topological polar surface area (TPSA) is 50.3 Å². The summed E-state index contributed by atoms with van der Waals surface area (Å²) in [6.45, 7) is 5.10. The summed E-state index contributed by atoms with van der Waals surface area (Å²) < 4.78 is 5.47. The van der Waals surface area contributed by atoms with Crippen LogP contribution in [0.15, 0.2) is 0 Å². The highest BCUT2D eigenvalue weighted by Crippen LogP contribution is 2.22. The largest absolute Gasteiger partial charge is 0.376 e. The Bertz CT molecular complexity index is 392. The van der Waals surface area contributed by atoms with Gasteiger partial charge in [-0.25, -0.2) is 9.97 Å². The molecule has 0 spiro atoms. The molecule has 0 fully saturated rings. The van der Waals surface area contributed by atoms with Crippen molar-refractivity contribution in [1.29, 1.82) is 0 Å². The standard InChI is InChI=1S/C12H20N4O/c1-4-13-12-9-8-17-6-5-10(9)14-11(15-12)7-16(2)3/h4-8H2,1-3H3,(H,13,14,15). The number of ether oxygens (including phenoxy) is 1. The van der Waals surface area contributed by atoms with Crippen LogP contribution in [0.25, 0.3) is 0 Å². The second-order valence-corrected chi connectivity index (χ2v) is 4.48. The molecule has 0 saturated heterocycles. The molecule has 0 bridgehead atoms. The van der Waals surface area contributed by atoms with Crippen LogP contribution in [0.1, 0.15) is 24.0 Å². The molecular formula is C12H20N4O. The first-order valence-electron chi connectivity index (χ1n) is 6.05. The maximum atomic E-state index is 5.47. The van der Waals surface area contributed by atoms with Crippen LogP contribution < -0.4 is 5.32 Å². The lowest BCUT2D eigenvalue weighted by atomic mass is 10.1. The Balaban J connectivity index is 2.33. The molecule has 0 aliphatic carbocycles. The number of hydrogen-bond acceptors (Lipinski definition) is 5. The highest BCUT2D eigenvalue weighted by atomic mass is 16.5. The molecule has 1 aliphatic rings. The Hall–Kier alpha value is -1.20. The SMILES string of the molecule is CCNc1nc(CN(C)C)nc2c1COCC2. The fourth-order valence-corrected chi connectivity index (χ4v) is 1.95. The minimum atomic E-state index is 0.625. The monoisotopic (exact) mass is 236 g/mol. The average Bonchev–Trinajstić information content (AvgIpc) is 2.28. The lowest BCUT2D eigenvalue weighted by Crippen LogP contribution is -2.20. The van der Waals surface area contributed by atoms with Crippen LogP contribution in [-0.2, 0) is 24.3 Å². The van der Waals surface area contributed by atoms with Crippen LogP contribution in [-0.4, -0.2) is 42.1 Å². The number of fused-ring (bicyclic) bond motifs is 1. The molecule has 1 aliphatic heterocycles. The average molecular weight is 236 g/mol. The Morgan fingerprint density at radius 1 is 1.35 bits per heavy atom. The van der Waals surface area contributed by atoms with Gasteiger partial charge in [-0.2, -0.15) is 0 Å². The van der Waals surface area contributed by atoms with Crippen molar-refractivity contribution >= 4 is 5.82 Å². The van der Waals surface area contributed by atoms with Crippen molar-refractivity contribution in [2.45, 2.75) is 26.5 Å². The minimum absolute atomic E-state index is 0.625. The molecule has 1 aromatic rings. The van der Waals surface area contributed by atoms with Gasteiger partial charge in [0.2, 0.25) is 0 Å². The predicted molar refractivity (Wildman–Crippen MR) is 66.9 cm³/mol. The molecular weight excluding hydrogens is 216 g/mol. The van der Waals surface area contributed by atoms with Gasteiger partial charge in [0.15, 0.2) is 0 Å². The molecule has 0 saturated carbocycles. The van der Waals surface area contributed by atoms with Gasteiger partial charge in [0.1, 0.15) is 11.6 Å². The quantitative estimate of drug-likeness (QED) is 0.846. The van der Waals surface area contributed by atoms with E-state index < -0.39 is 0 Å². The number of hydrogen-bond donors (Lipinski definition) is 1. The van der Waals surface area contributed by atoms with Gasteiger partial charge < -0.3 is 15.0 Å². The highest BCUT2D eigenvalue weighted by molar-refractivity contribution is 5.47. The van der Waals surface area contributed by atoms with Gasteiger partial charge in [0.05, 0.1) is 25.5 Å². The zero-order valence-corrected chi connectivity index (χ0v) is 10.8. The molecule has 0 aromatic carbocycles. The second kappa shape index (κ2) is 5.42. The predicted octanol–water partition coefficient (Wildman–Crippen LogP) is 1.04. The fourth-order valence-electron chi connectivity index (χ4n) is 1.95. The van der Waals surface area contributed by atoms with E-state index in [4.69, 9.17) is 4.74 Å². The molecule has 0 radical (unpaired) electrons. The molecule has 17 heavy (non-hydrogen) atoms. The normalized spacial score (nSPS) is 14.8. The third-order valence-corrected chi connectivity index (χ3v) is 2.67. The first-order chi connectivity index (χ1) is 8.20. The summed E-state index contributed by atoms with van der Waals surface area (Å²) >= 11 is 0. The van der Waals surface area contributed by atoms with Crippen molar-refractivity contribution < 1.29 is 4.74 Å². The Morgan fingerprint density at radius 3 is 2.88 bits per heavy atom. The van der Waals surface area contributed by atoms with Gasteiger partial charge in [-0.05, 0) is 21.0 Å². The number of nitrogens with one attached hydrogen (secondary N) is 1. The first-order valence-corrected chi connectivity index (χ1v) is 6.05. The Morgan fingerprint density at radius 2 is 2.18 bits per heavy atom. The summed E-state index contributed by atoms with van der Waals surface area (Å²) in [6, 6.07) is 0. The van der Waals surface area contributed by atoms with E-state index in [0.717, 1.165) is 49.0 Å². The van der Waals surface area contributed by atoms with Crippen LogP contribution in [0.2, 0.25) is 0 Å². The molecule has 0 amide bonds. The zero-order valence-electron chi connectivity index (χ0n) is 10.8. The summed E-state index contributed by atoms with van der Waals surface area (Å²) in [5.41, 5.74) is 2.26. The molecule has 94 valence electrons. The summed E-state index contributed by atoms with van der Waals surface area (Å²) in [5.74, 6) is 1.82. The molecule has 2 heterocycles. The van der Waals surface area contributed by atoms with Crippen molar-refractivity contribution in [1.82, 2.24) is 14.9 Å². The lowest BCUT2D eigenvalue weighted by Gasteiger charge is -2.20. The Labute approximate surface area is 102 Å². The second-order valence-electron chi connectivity index (χ2n) is 4.48. The summed E-state index contributed by atoms with van der Waals surface area (Å²) in [7, 11) is 4.05. The van der Waals surface area contributed by atoms with Crippen molar-refractivity contribution in [3.63, 3.8) is 0 Å². The highest BCUT2D eigenvalue weighted by Gasteiger charge is 2.17. The number of nitrogens with zero attached hydrogens (tertiary/aromatic N) is 3. The maximum absolute atomic E-state index is 5.47. The van der Waals surface area contributed by atoms with Gasteiger partial charge in [-0.15, -0.1) is 0 Å². The van der Waals surface area contributed by atoms with E-state index in [1.54, 1.807) is 0 Å². The van der Waals surface area contributed by atoms with E-state index >= 15 is 0 Å². The molecule has 1 aromatic heterocycles. The van der Waals surface area contributed by atoms with Crippen molar-refractivity contribution in [3.05, 3.63) is 17.1 Å². The van der Waals surface area contributed by atoms with E-state index in [0.29, 0.717) is 6.61 Å². The zero-order chi connectivity index (χ0) is 12.3. The van der Waals surface area contributed by atoms with E-state index in [2.05, 4.69) is 27.1 Å². The van der Waals surface area contributed by atoms with Crippen molar-refractivity contribution in [2.24, 2.45) is 0 Å². The number of anilines is 1. The Kier molecular flexibility index (Phi) is 3.91. The fraction of sp³-hybridized carbons (Fsp3) is 0.667. The first kappa shape index (κ1) is 12.3. The van der Waals surface area contributed by atoms with Crippen LogP contribution >= 0.6 is 0 Å². The van der Waals surface area contributed by atoms with Crippen LogP contribution in [0.3, 0.4) is 0 Å². The maximum Gasteiger partial charge on any atom is 0.144 e.